The lowest BCUT2D eigenvalue weighted by Gasteiger charge is -2.18. The lowest BCUT2D eigenvalue weighted by Crippen LogP contribution is -2.06. The molecule has 0 saturated carbocycles. The van der Waals surface area contributed by atoms with Gasteiger partial charge in [0.2, 0.25) is 0 Å². The summed E-state index contributed by atoms with van der Waals surface area (Å²) in [5.41, 5.74) is 0. The highest BCUT2D eigenvalue weighted by Crippen LogP contribution is 2.22. The normalized spacial score (nSPS) is 12.0. The third-order valence-corrected chi connectivity index (χ3v) is 2.12. The Hall–Kier alpha value is 0. The maximum atomic E-state index is 4.03. The van der Waals surface area contributed by atoms with Gasteiger partial charge in [-0.05, 0) is 30.6 Å². The Kier molecular flexibility index (Phi) is 5.62. The number of hydrogen-bond acceptors (Lipinski definition) is 0. The first kappa shape index (κ1) is 11.0. The van der Waals surface area contributed by atoms with Gasteiger partial charge in [0.15, 0.2) is 0 Å². The Balaban J connectivity index is 3.58. The fraction of sp³-hybridized carbons (Fsp3) is 0.909. The van der Waals surface area contributed by atoms with Crippen LogP contribution in [-0.2, 0) is 0 Å². The van der Waals surface area contributed by atoms with E-state index in [9.17, 15) is 0 Å². The quantitative estimate of drug-likeness (QED) is 0.564. The molecule has 0 heterocycles. The van der Waals surface area contributed by atoms with Crippen LogP contribution >= 0.6 is 0 Å². The van der Waals surface area contributed by atoms with Gasteiger partial charge < -0.3 is 0 Å². The fourth-order valence-electron chi connectivity index (χ4n) is 1.67. The molecule has 1 radical (unpaired) electrons. The van der Waals surface area contributed by atoms with Crippen molar-refractivity contribution in [3.8, 4) is 0 Å². The second kappa shape index (κ2) is 5.62. The molecule has 0 saturated heterocycles. The zero-order chi connectivity index (χ0) is 8.85. The van der Waals surface area contributed by atoms with Crippen molar-refractivity contribution in [2.45, 2.75) is 47.0 Å². The molecule has 0 amide bonds. The Morgan fingerprint density at radius 2 is 1.64 bits per heavy atom. The second-order valence-electron chi connectivity index (χ2n) is 4.24. The first-order valence-corrected chi connectivity index (χ1v) is 4.89. The van der Waals surface area contributed by atoms with Crippen molar-refractivity contribution in [1.82, 2.24) is 0 Å². The van der Waals surface area contributed by atoms with Gasteiger partial charge in [-0.25, -0.2) is 0 Å². The first-order valence-electron chi connectivity index (χ1n) is 4.89. The van der Waals surface area contributed by atoms with E-state index in [4.69, 9.17) is 0 Å². The molecule has 2 unspecified atom stereocenters. The van der Waals surface area contributed by atoms with Gasteiger partial charge in [0.25, 0.3) is 0 Å². The lowest BCUT2D eigenvalue weighted by molar-refractivity contribution is 0.346. The Labute approximate surface area is 72.4 Å². The molecule has 67 valence electrons. The van der Waals surface area contributed by atoms with Crippen LogP contribution < -0.4 is 0 Å². The summed E-state index contributed by atoms with van der Waals surface area (Å²) in [5, 5.41) is 0. The SMILES string of the molecule is [CH2]C(C)CC(CC)CC(C)C. The van der Waals surface area contributed by atoms with Crippen LogP contribution in [0.25, 0.3) is 0 Å². The summed E-state index contributed by atoms with van der Waals surface area (Å²) in [4.78, 5) is 0. The molecular weight excluding hydrogens is 132 g/mol. The van der Waals surface area contributed by atoms with Crippen molar-refractivity contribution in [3.05, 3.63) is 6.92 Å². The maximum absolute atomic E-state index is 4.03. The van der Waals surface area contributed by atoms with Gasteiger partial charge in [0.05, 0.1) is 0 Å². The summed E-state index contributed by atoms with van der Waals surface area (Å²) < 4.78 is 0. The smallest absolute Gasteiger partial charge is 0.0412 e. The average molecular weight is 155 g/mol. The molecule has 0 nitrogen and oxygen atoms in total. The molecule has 0 spiro atoms. The van der Waals surface area contributed by atoms with Gasteiger partial charge in [-0.15, -0.1) is 0 Å². The summed E-state index contributed by atoms with van der Waals surface area (Å²) in [6.45, 7) is 13.1. The Bertz CT molecular complexity index is 72.0. The van der Waals surface area contributed by atoms with E-state index in [1.165, 1.54) is 19.3 Å². The molecule has 0 aromatic carbocycles. The van der Waals surface area contributed by atoms with Crippen LogP contribution in [0.5, 0.6) is 0 Å². The molecule has 0 heteroatoms. The van der Waals surface area contributed by atoms with Crippen LogP contribution in [0.4, 0.5) is 0 Å². The van der Waals surface area contributed by atoms with E-state index < -0.39 is 0 Å². The summed E-state index contributed by atoms with van der Waals surface area (Å²) in [7, 11) is 0. The predicted molar refractivity (Wildman–Crippen MR) is 52.4 cm³/mol. The van der Waals surface area contributed by atoms with Crippen LogP contribution in [0.2, 0.25) is 0 Å². The zero-order valence-corrected chi connectivity index (χ0v) is 8.56. The van der Waals surface area contributed by atoms with Crippen molar-refractivity contribution >= 4 is 0 Å². The molecule has 0 aliphatic carbocycles. The van der Waals surface area contributed by atoms with Gasteiger partial charge in [0, 0.05) is 0 Å². The summed E-state index contributed by atoms with van der Waals surface area (Å²) >= 11 is 0. The minimum absolute atomic E-state index is 0.624. The van der Waals surface area contributed by atoms with E-state index in [0.717, 1.165) is 11.8 Å². The van der Waals surface area contributed by atoms with Crippen molar-refractivity contribution in [2.24, 2.45) is 17.8 Å². The highest BCUT2D eigenvalue weighted by atomic mass is 14.2. The standard InChI is InChI=1S/C11H23/c1-6-11(7-9(2)3)8-10(4)5/h9-11H,2,6-8H2,1,3-5H3. The van der Waals surface area contributed by atoms with E-state index in [0.29, 0.717) is 5.92 Å². The van der Waals surface area contributed by atoms with Crippen LogP contribution in [0.3, 0.4) is 0 Å². The average Bonchev–Trinajstić information content (AvgIpc) is 1.84. The zero-order valence-electron chi connectivity index (χ0n) is 8.56. The van der Waals surface area contributed by atoms with E-state index in [1.54, 1.807) is 0 Å². The molecule has 0 aliphatic heterocycles. The van der Waals surface area contributed by atoms with Crippen molar-refractivity contribution in [3.63, 3.8) is 0 Å². The van der Waals surface area contributed by atoms with Gasteiger partial charge in [-0.1, -0.05) is 41.0 Å². The second-order valence-corrected chi connectivity index (χ2v) is 4.24. The minimum Gasteiger partial charge on any atom is -0.0651 e. The molecule has 0 rings (SSSR count). The molecule has 0 aromatic heterocycles. The van der Waals surface area contributed by atoms with Crippen molar-refractivity contribution in [2.75, 3.05) is 0 Å². The monoisotopic (exact) mass is 155 g/mol. The summed E-state index contributed by atoms with van der Waals surface area (Å²) in [6, 6.07) is 0. The predicted octanol–water partition coefficient (Wildman–Crippen LogP) is 3.92. The molecule has 2 atom stereocenters. The van der Waals surface area contributed by atoms with E-state index in [1.807, 2.05) is 0 Å². The molecular formula is C11H23. The van der Waals surface area contributed by atoms with Crippen LogP contribution in [0.1, 0.15) is 47.0 Å². The summed E-state index contributed by atoms with van der Waals surface area (Å²) in [6.07, 6.45) is 3.99. The van der Waals surface area contributed by atoms with Gasteiger partial charge in [-0.3, -0.25) is 0 Å². The van der Waals surface area contributed by atoms with Crippen LogP contribution in [-0.4, -0.2) is 0 Å². The minimum atomic E-state index is 0.624. The van der Waals surface area contributed by atoms with E-state index in [-0.39, 0.29) is 0 Å². The highest BCUT2D eigenvalue weighted by molar-refractivity contribution is 4.65. The molecule has 0 N–H and O–H groups in total. The topological polar surface area (TPSA) is 0 Å². The van der Waals surface area contributed by atoms with E-state index >= 15 is 0 Å². The van der Waals surface area contributed by atoms with Crippen LogP contribution in [0.15, 0.2) is 0 Å². The van der Waals surface area contributed by atoms with Gasteiger partial charge in [0.1, 0.15) is 0 Å². The Morgan fingerprint density at radius 1 is 1.09 bits per heavy atom. The molecule has 11 heavy (non-hydrogen) atoms. The Morgan fingerprint density at radius 3 is 1.91 bits per heavy atom. The fourth-order valence-corrected chi connectivity index (χ4v) is 1.67. The van der Waals surface area contributed by atoms with Gasteiger partial charge in [-0.2, -0.15) is 0 Å². The maximum Gasteiger partial charge on any atom is -0.0412 e. The molecule has 0 bridgehead atoms. The van der Waals surface area contributed by atoms with Crippen LogP contribution in [0, 0.1) is 24.7 Å². The third-order valence-electron chi connectivity index (χ3n) is 2.12. The third kappa shape index (κ3) is 6.40. The van der Waals surface area contributed by atoms with Crippen molar-refractivity contribution < 1.29 is 0 Å². The molecule has 0 aromatic rings. The van der Waals surface area contributed by atoms with E-state index in [2.05, 4.69) is 34.6 Å². The number of rotatable bonds is 5. The highest BCUT2D eigenvalue weighted by Gasteiger charge is 2.09. The molecule has 0 aliphatic rings. The van der Waals surface area contributed by atoms with Crippen molar-refractivity contribution in [1.29, 1.82) is 0 Å². The first-order chi connectivity index (χ1) is 5.06. The van der Waals surface area contributed by atoms with Gasteiger partial charge >= 0.3 is 0 Å². The summed E-state index contributed by atoms with van der Waals surface area (Å²) in [5.74, 6) is 2.37. The lowest BCUT2D eigenvalue weighted by atomic mass is 9.88. The number of hydrogen-bond donors (Lipinski definition) is 0. The largest absolute Gasteiger partial charge is 0.0651 e. The molecule has 0 fully saturated rings.